The van der Waals surface area contributed by atoms with Crippen LogP contribution in [0.1, 0.15) is 64.7 Å². The molecule has 0 spiro atoms. The highest BCUT2D eigenvalue weighted by molar-refractivity contribution is 5.07. The Balaban J connectivity index is 2.91. The Morgan fingerprint density at radius 3 is 2.56 bits per heavy atom. The Hall–Kier alpha value is -0.830. The molecule has 2 N–H and O–H groups in total. The van der Waals surface area contributed by atoms with E-state index in [2.05, 4.69) is 37.2 Å². The van der Waals surface area contributed by atoms with Crippen LogP contribution in [0.25, 0.3) is 0 Å². The molecule has 16 heavy (non-hydrogen) atoms. The van der Waals surface area contributed by atoms with Crippen molar-refractivity contribution in [3.63, 3.8) is 0 Å². The summed E-state index contributed by atoms with van der Waals surface area (Å²) in [4.78, 5) is 4.26. The van der Waals surface area contributed by atoms with Crippen LogP contribution in [0, 0.1) is 5.92 Å². The van der Waals surface area contributed by atoms with Crippen molar-refractivity contribution >= 4 is 0 Å². The molecule has 0 saturated carbocycles. The largest absolute Gasteiger partial charge is 0.330 e. The normalized spacial score (nSPS) is 15.4. The molecule has 1 aromatic heterocycles. The molecular weight excluding hydrogens is 198 g/mol. The average Bonchev–Trinajstić information content (AvgIpc) is 2.73. The number of hydrogen-bond acceptors (Lipinski definition) is 2. The molecule has 1 aromatic rings. The third kappa shape index (κ3) is 2.85. The molecule has 0 radical (unpaired) electrons. The highest BCUT2D eigenvalue weighted by atomic mass is 15.1. The molecule has 0 saturated heterocycles. The Bertz CT molecular complexity index is 304. The van der Waals surface area contributed by atoms with Crippen molar-refractivity contribution in [3.05, 3.63) is 18.2 Å². The van der Waals surface area contributed by atoms with Crippen molar-refractivity contribution < 1.29 is 0 Å². The zero-order chi connectivity index (χ0) is 12.1. The third-order valence-electron chi connectivity index (χ3n) is 3.24. The molecule has 0 aliphatic rings. The van der Waals surface area contributed by atoms with E-state index in [1.807, 2.05) is 12.5 Å². The summed E-state index contributed by atoms with van der Waals surface area (Å²) < 4.78 is 2.27. The van der Waals surface area contributed by atoms with Crippen molar-refractivity contribution in [1.29, 1.82) is 0 Å². The lowest BCUT2D eigenvalue weighted by atomic mass is 10.0. The quantitative estimate of drug-likeness (QED) is 0.804. The van der Waals surface area contributed by atoms with Crippen LogP contribution < -0.4 is 5.73 Å². The maximum atomic E-state index is 6.21. The standard InChI is InChI=1S/C13H25N3/c1-5-7-11(6-2)16-9-15-8-12(16)13(14)10(3)4/h8-11,13H,5-7,14H2,1-4H3. The van der Waals surface area contributed by atoms with Gasteiger partial charge in [-0.25, -0.2) is 4.98 Å². The first-order chi connectivity index (χ1) is 7.61. The number of nitrogens with zero attached hydrogens (tertiary/aromatic N) is 2. The van der Waals surface area contributed by atoms with Crippen LogP contribution in [-0.2, 0) is 0 Å². The van der Waals surface area contributed by atoms with Gasteiger partial charge >= 0.3 is 0 Å². The summed E-state index contributed by atoms with van der Waals surface area (Å²) in [5.74, 6) is 0.453. The summed E-state index contributed by atoms with van der Waals surface area (Å²) in [6, 6.07) is 0.640. The second-order valence-corrected chi connectivity index (χ2v) is 4.85. The van der Waals surface area contributed by atoms with Gasteiger partial charge in [-0.1, -0.05) is 34.1 Å². The van der Waals surface area contributed by atoms with Gasteiger partial charge in [0.25, 0.3) is 0 Å². The Kier molecular flexibility index (Phi) is 5.00. The van der Waals surface area contributed by atoms with E-state index in [0.29, 0.717) is 12.0 Å². The summed E-state index contributed by atoms with van der Waals surface area (Å²) in [5.41, 5.74) is 7.39. The summed E-state index contributed by atoms with van der Waals surface area (Å²) in [6.45, 7) is 8.76. The predicted molar refractivity (Wildman–Crippen MR) is 68.2 cm³/mol. The molecule has 3 nitrogen and oxygen atoms in total. The van der Waals surface area contributed by atoms with Crippen molar-refractivity contribution in [2.24, 2.45) is 11.7 Å². The van der Waals surface area contributed by atoms with Gasteiger partial charge in [-0.2, -0.15) is 0 Å². The molecule has 0 aliphatic heterocycles. The first-order valence-corrected chi connectivity index (χ1v) is 6.39. The summed E-state index contributed by atoms with van der Waals surface area (Å²) in [6.07, 6.45) is 7.39. The van der Waals surface area contributed by atoms with Gasteiger partial charge in [0.2, 0.25) is 0 Å². The minimum Gasteiger partial charge on any atom is -0.330 e. The highest BCUT2D eigenvalue weighted by Crippen LogP contribution is 2.25. The summed E-state index contributed by atoms with van der Waals surface area (Å²) in [7, 11) is 0. The first kappa shape index (κ1) is 13.2. The minimum absolute atomic E-state index is 0.0911. The lowest BCUT2D eigenvalue weighted by Gasteiger charge is -2.23. The molecule has 2 unspecified atom stereocenters. The lowest BCUT2D eigenvalue weighted by molar-refractivity contribution is 0.402. The second kappa shape index (κ2) is 6.04. The van der Waals surface area contributed by atoms with Gasteiger partial charge in [-0.15, -0.1) is 0 Å². The van der Waals surface area contributed by atoms with E-state index in [1.165, 1.54) is 18.5 Å². The third-order valence-corrected chi connectivity index (χ3v) is 3.24. The fraction of sp³-hybridized carbons (Fsp3) is 0.769. The van der Waals surface area contributed by atoms with E-state index in [9.17, 15) is 0 Å². The van der Waals surface area contributed by atoms with Gasteiger partial charge in [-0.05, 0) is 18.8 Å². The summed E-state index contributed by atoms with van der Waals surface area (Å²) >= 11 is 0. The van der Waals surface area contributed by atoms with Crippen molar-refractivity contribution in [2.75, 3.05) is 0 Å². The molecule has 3 heteroatoms. The number of nitrogens with two attached hydrogens (primary N) is 1. The zero-order valence-corrected chi connectivity index (χ0v) is 11.0. The fourth-order valence-corrected chi connectivity index (χ4v) is 2.09. The van der Waals surface area contributed by atoms with E-state index in [0.717, 1.165) is 6.42 Å². The van der Waals surface area contributed by atoms with Crippen molar-refractivity contribution in [2.45, 2.75) is 59.0 Å². The van der Waals surface area contributed by atoms with Crippen LogP contribution in [0.4, 0.5) is 0 Å². The molecule has 92 valence electrons. The molecule has 0 amide bonds. The average molecular weight is 223 g/mol. The highest BCUT2D eigenvalue weighted by Gasteiger charge is 2.18. The van der Waals surface area contributed by atoms with Crippen LogP contribution in [0.2, 0.25) is 0 Å². The number of imidazole rings is 1. The van der Waals surface area contributed by atoms with Crippen LogP contribution >= 0.6 is 0 Å². The topological polar surface area (TPSA) is 43.8 Å². The predicted octanol–water partition coefficient (Wildman–Crippen LogP) is 3.29. The SMILES string of the molecule is CCCC(CC)n1cncc1C(N)C(C)C. The number of hydrogen-bond donors (Lipinski definition) is 1. The molecule has 2 atom stereocenters. The molecule has 0 fully saturated rings. The van der Waals surface area contributed by atoms with E-state index >= 15 is 0 Å². The van der Waals surface area contributed by atoms with E-state index in [4.69, 9.17) is 5.73 Å². The van der Waals surface area contributed by atoms with Gasteiger partial charge in [0.1, 0.15) is 0 Å². The van der Waals surface area contributed by atoms with Crippen LogP contribution in [0.5, 0.6) is 0 Å². The Morgan fingerprint density at radius 2 is 2.06 bits per heavy atom. The van der Waals surface area contributed by atoms with Gasteiger partial charge in [0, 0.05) is 18.3 Å². The fourth-order valence-electron chi connectivity index (χ4n) is 2.09. The lowest BCUT2D eigenvalue weighted by Crippen LogP contribution is -2.22. The molecule has 0 aliphatic carbocycles. The Morgan fingerprint density at radius 1 is 1.38 bits per heavy atom. The van der Waals surface area contributed by atoms with Crippen LogP contribution in [0.15, 0.2) is 12.5 Å². The van der Waals surface area contributed by atoms with E-state index < -0.39 is 0 Å². The summed E-state index contributed by atoms with van der Waals surface area (Å²) in [5, 5.41) is 0. The van der Waals surface area contributed by atoms with Gasteiger partial charge in [0.15, 0.2) is 0 Å². The van der Waals surface area contributed by atoms with Crippen molar-refractivity contribution in [1.82, 2.24) is 9.55 Å². The van der Waals surface area contributed by atoms with Crippen LogP contribution in [-0.4, -0.2) is 9.55 Å². The van der Waals surface area contributed by atoms with Gasteiger partial charge in [-0.3, -0.25) is 0 Å². The zero-order valence-electron chi connectivity index (χ0n) is 11.0. The maximum Gasteiger partial charge on any atom is 0.0951 e. The molecule has 0 bridgehead atoms. The molecule has 1 rings (SSSR count). The molecule has 1 heterocycles. The maximum absolute atomic E-state index is 6.21. The van der Waals surface area contributed by atoms with Crippen molar-refractivity contribution in [3.8, 4) is 0 Å². The Labute approximate surface area is 99.1 Å². The first-order valence-electron chi connectivity index (χ1n) is 6.39. The monoisotopic (exact) mass is 223 g/mol. The van der Waals surface area contributed by atoms with E-state index in [1.54, 1.807) is 0 Å². The van der Waals surface area contributed by atoms with Gasteiger partial charge < -0.3 is 10.3 Å². The van der Waals surface area contributed by atoms with E-state index in [-0.39, 0.29) is 6.04 Å². The second-order valence-electron chi connectivity index (χ2n) is 4.85. The minimum atomic E-state index is 0.0911. The number of aromatic nitrogens is 2. The van der Waals surface area contributed by atoms with Gasteiger partial charge in [0.05, 0.1) is 12.0 Å². The smallest absolute Gasteiger partial charge is 0.0951 e. The molecular formula is C13H25N3. The van der Waals surface area contributed by atoms with Crippen LogP contribution in [0.3, 0.4) is 0 Å². The molecule has 0 aromatic carbocycles. The number of rotatable bonds is 6.